The van der Waals surface area contributed by atoms with Crippen LogP contribution < -0.4 is 0 Å². The molecule has 0 spiro atoms. The van der Waals surface area contributed by atoms with E-state index >= 15 is 0 Å². The molecule has 0 aliphatic carbocycles. The zero-order valence-corrected chi connectivity index (χ0v) is 14.2. The van der Waals surface area contributed by atoms with Crippen LogP contribution >= 0.6 is 0 Å². The average molecular weight is 321 g/mol. The molecule has 2 atom stereocenters. The van der Waals surface area contributed by atoms with Crippen LogP contribution in [0.25, 0.3) is 6.08 Å². The predicted octanol–water partition coefficient (Wildman–Crippen LogP) is 4.00. The first-order chi connectivity index (χ1) is 11.6. The van der Waals surface area contributed by atoms with Crippen molar-refractivity contribution in [2.75, 3.05) is 13.1 Å². The van der Waals surface area contributed by atoms with E-state index in [0.717, 1.165) is 11.1 Å². The molecule has 2 aromatic rings. The summed E-state index contributed by atoms with van der Waals surface area (Å²) in [5, 5.41) is 0. The Morgan fingerprint density at radius 3 is 2.50 bits per heavy atom. The van der Waals surface area contributed by atoms with Gasteiger partial charge < -0.3 is 9.64 Å². The van der Waals surface area contributed by atoms with Gasteiger partial charge in [-0.25, -0.2) is 0 Å². The van der Waals surface area contributed by atoms with Crippen LogP contribution in [0.1, 0.15) is 29.7 Å². The number of hydrogen-bond acceptors (Lipinski definition) is 2. The lowest BCUT2D eigenvalue weighted by atomic mass is 10.1. The van der Waals surface area contributed by atoms with Gasteiger partial charge in [-0.05, 0) is 31.1 Å². The van der Waals surface area contributed by atoms with Crippen molar-refractivity contribution in [1.82, 2.24) is 4.90 Å². The quantitative estimate of drug-likeness (QED) is 0.800. The highest BCUT2D eigenvalue weighted by molar-refractivity contribution is 5.91. The largest absolute Gasteiger partial charge is 0.367 e. The molecule has 1 aliphatic heterocycles. The Balaban J connectivity index is 1.68. The van der Waals surface area contributed by atoms with Crippen molar-refractivity contribution in [3.63, 3.8) is 0 Å². The first-order valence-corrected chi connectivity index (χ1v) is 8.36. The van der Waals surface area contributed by atoms with Crippen LogP contribution in [0.15, 0.2) is 60.7 Å². The van der Waals surface area contributed by atoms with Crippen LogP contribution in [0, 0.1) is 6.92 Å². The zero-order valence-electron chi connectivity index (χ0n) is 14.2. The highest BCUT2D eigenvalue weighted by Crippen LogP contribution is 2.25. The van der Waals surface area contributed by atoms with Crippen molar-refractivity contribution in [3.8, 4) is 0 Å². The lowest BCUT2D eigenvalue weighted by molar-refractivity contribution is -0.139. The summed E-state index contributed by atoms with van der Waals surface area (Å²) < 4.78 is 6.01. The van der Waals surface area contributed by atoms with Crippen molar-refractivity contribution in [3.05, 3.63) is 77.4 Å². The molecule has 1 fully saturated rings. The van der Waals surface area contributed by atoms with Crippen LogP contribution in [-0.4, -0.2) is 30.0 Å². The molecule has 3 rings (SSSR count). The Bertz CT molecular complexity index is 706. The number of aryl methyl sites for hydroxylation is 1. The fourth-order valence-electron chi connectivity index (χ4n) is 2.93. The minimum atomic E-state index is -0.0633. The summed E-state index contributed by atoms with van der Waals surface area (Å²) in [7, 11) is 0. The average Bonchev–Trinajstić information content (AvgIpc) is 2.61. The second-order valence-electron chi connectivity index (χ2n) is 6.33. The van der Waals surface area contributed by atoms with Crippen molar-refractivity contribution >= 4 is 12.0 Å². The van der Waals surface area contributed by atoms with E-state index in [9.17, 15) is 4.79 Å². The van der Waals surface area contributed by atoms with Gasteiger partial charge in [0.15, 0.2) is 0 Å². The maximum absolute atomic E-state index is 12.5. The second kappa shape index (κ2) is 7.45. The van der Waals surface area contributed by atoms with Crippen molar-refractivity contribution in [1.29, 1.82) is 0 Å². The van der Waals surface area contributed by atoms with Gasteiger partial charge in [-0.2, -0.15) is 0 Å². The summed E-state index contributed by atoms with van der Waals surface area (Å²) in [5.74, 6) is 0.0339. The van der Waals surface area contributed by atoms with Crippen molar-refractivity contribution in [2.24, 2.45) is 0 Å². The summed E-state index contributed by atoms with van der Waals surface area (Å²) in [6, 6.07) is 18.2. The molecule has 3 heteroatoms. The topological polar surface area (TPSA) is 29.5 Å². The molecule has 0 saturated carbocycles. The monoisotopic (exact) mass is 321 g/mol. The Hall–Kier alpha value is -2.39. The lowest BCUT2D eigenvalue weighted by Crippen LogP contribution is -2.45. The summed E-state index contributed by atoms with van der Waals surface area (Å²) in [6.45, 7) is 5.28. The molecule has 2 aromatic carbocycles. The maximum Gasteiger partial charge on any atom is 0.246 e. The van der Waals surface area contributed by atoms with Gasteiger partial charge in [-0.3, -0.25) is 4.79 Å². The van der Waals surface area contributed by atoms with Gasteiger partial charge in [0.05, 0.1) is 12.6 Å². The Morgan fingerprint density at radius 1 is 1.08 bits per heavy atom. The molecule has 1 amide bonds. The molecular weight excluding hydrogens is 298 g/mol. The molecule has 0 aromatic heterocycles. The molecule has 24 heavy (non-hydrogen) atoms. The minimum Gasteiger partial charge on any atom is -0.367 e. The van der Waals surface area contributed by atoms with E-state index in [0.29, 0.717) is 13.1 Å². The Labute approximate surface area is 143 Å². The van der Waals surface area contributed by atoms with Crippen LogP contribution in [0.4, 0.5) is 0 Å². The molecule has 124 valence electrons. The first-order valence-electron chi connectivity index (χ1n) is 8.36. The molecule has 3 nitrogen and oxygen atoms in total. The minimum absolute atomic E-state index is 0.0284. The lowest BCUT2D eigenvalue weighted by Gasteiger charge is -2.36. The van der Waals surface area contributed by atoms with Gasteiger partial charge in [-0.15, -0.1) is 0 Å². The van der Waals surface area contributed by atoms with Gasteiger partial charge in [0.2, 0.25) is 5.91 Å². The summed E-state index contributed by atoms with van der Waals surface area (Å²) >= 11 is 0. The summed E-state index contributed by atoms with van der Waals surface area (Å²) in [6.07, 6.45) is 3.50. The number of carbonyl (C=O) groups excluding carboxylic acids is 1. The van der Waals surface area contributed by atoms with E-state index in [2.05, 4.69) is 6.92 Å². The van der Waals surface area contributed by atoms with Gasteiger partial charge in [0.25, 0.3) is 0 Å². The number of amides is 1. The van der Waals surface area contributed by atoms with Crippen LogP contribution in [0.3, 0.4) is 0 Å². The molecule has 0 bridgehead atoms. The number of ether oxygens (including phenoxy) is 1. The number of benzene rings is 2. The van der Waals surface area contributed by atoms with Gasteiger partial charge >= 0.3 is 0 Å². The van der Waals surface area contributed by atoms with Gasteiger partial charge in [0.1, 0.15) is 6.10 Å². The number of carbonyl (C=O) groups is 1. The zero-order chi connectivity index (χ0) is 16.9. The normalized spacial score (nSPS) is 21.2. The summed E-state index contributed by atoms with van der Waals surface area (Å²) in [4.78, 5) is 14.4. The molecule has 1 saturated heterocycles. The molecule has 2 unspecified atom stereocenters. The fourth-order valence-corrected chi connectivity index (χ4v) is 2.93. The van der Waals surface area contributed by atoms with Gasteiger partial charge in [0, 0.05) is 12.6 Å². The fraction of sp³-hybridized carbons (Fsp3) is 0.286. The summed E-state index contributed by atoms with van der Waals surface area (Å²) in [5.41, 5.74) is 3.37. The van der Waals surface area contributed by atoms with Crippen molar-refractivity contribution in [2.45, 2.75) is 26.1 Å². The van der Waals surface area contributed by atoms with E-state index in [1.54, 1.807) is 6.08 Å². The second-order valence-corrected chi connectivity index (χ2v) is 6.33. The third kappa shape index (κ3) is 4.12. The predicted molar refractivity (Wildman–Crippen MR) is 96.5 cm³/mol. The van der Waals surface area contributed by atoms with E-state index in [4.69, 9.17) is 4.74 Å². The molecular formula is C21H23NO2. The van der Waals surface area contributed by atoms with E-state index in [-0.39, 0.29) is 18.1 Å². The third-order valence-corrected chi connectivity index (χ3v) is 4.24. The van der Waals surface area contributed by atoms with Gasteiger partial charge in [-0.1, -0.05) is 60.2 Å². The third-order valence-electron chi connectivity index (χ3n) is 4.24. The molecule has 1 aliphatic rings. The standard InChI is InChI=1S/C21H23NO2/c1-16-8-10-18(11-9-16)12-13-21(23)22-14-17(2)24-20(15-22)19-6-4-3-5-7-19/h3-13,17,20H,14-15H2,1-2H3/b13-12+. The molecule has 0 N–H and O–H groups in total. The number of hydrogen-bond donors (Lipinski definition) is 0. The van der Waals surface area contributed by atoms with Crippen molar-refractivity contribution < 1.29 is 9.53 Å². The van der Waals surface area contributed by atoms with Crippen LogP contribution in [-0.2, 0) is 9.53 Å². The molecule has 1 heterocycles. The maximum atomic E-state index is 12.5. The van der Waals surface area contributed by atoms with E-state index in [1.165, 1.54) is 5.56 Å². The van der Waals surface area contributed by atoms with Crippen LogP contribution in [0.5, 0.6) is 0 Å². The molecule has 0 radical (unpaired) electrons. The van der Waals surface area contributed by atoms with E-state index < -0.39 is 0 Å². The van der Waals surface area contributed by atoms with E-state index in [1.807, 2.05) is 72.5 Å². The Morgan fingerprint density at radius 2 is 1.79 bits per heavy atom. The Kier molecular flexibility index (Phi) is 5.11. The first kappa shape index (κ1) is 16.5. The smallest absolute Gasteiger partial charge is 0.246 e. The number of morpholine rings is 1. The number of nitrogens with zero attached hydrogens (tertiary/aromatic N) is 1. The van der Waals surface area contributed by atoms with Crippen LogP contribution in [0.2, 0.25) is 0 Å². The number of rotatable bonds is 3. The SMILES string of the molecule is Cc1ccc(/C=C/C(=O)N2CC(C)OC(c3ccccc3)C2)cc1. The highest BCUT2D eigenvalue weighted by Gasteiger charge is 2.28. The highest BCUT2D eigenvalue weighted by atomic mass is 16.5.